The first-order valence-corrected chi connectivity index (χ1v) is 16.6. The van der Waals surface area contributed by atoms with Gasteiger partial charge in [-0.2, -0.15) is 0 Å². The van der Waals surface area contributed by atoms with Crippen LogP contribution in [-0.4, -0.2) is 14.5 Å². The van der Waals surface area contributed by atoms with E-state index in [9.17, 15) is 0 Å². The third-order valence-corrected chi connectivity index (χ3v) is 10.4. The second-order valence-corrected chi connectivity index (χ2v) is 13.4. The molecule has 2 aromatic heterocycles. The van der Waals surface area contributed by atoms with Crippen molar-refractivity contribution in [2.45, 2.75) is 19.3 Å². The van der Waals surface area contributed by atoms with Crippen molar-refractivity contribution in [1.82, 2.24) is 14.5 Å². The van der Waals surface area contributed by atoms with Crippen LogP contribution in [0.4, 0.5) is 0 Å². The zero-order valence-electron chi connectivity index (χ0n) is 26.8. The van der Waals surface area contributed by atoms with E-state index >= 15 is 0 Å². The van der Waals surface area contributed by atoms with E-state index in [-0.39, 0.29) is 5.41 Å². The lowest BCUT2D eigenvalue weighted by Gasteiger charge is -2.35. The minimum absolute atomic E-state index is 0.110. The number of benzene rings is 7. The molecule has 226 valence electrons. The maximum Gasteiger partial charge on any atom is 0.235 e. The van der Waals surface area contributed by atoms with Gasteiger partial charge in [-0.1, -0.05) is 147 Å². The average molecular weight is 614 g/mol. The smallest absolute Gasteiger partial charge is 0.235 e. The molecule has 0 spiro atoms. The molecule has 0 saturated heterocycles. The highest BCUT2D eigenvalue weighted by Crippen LogP contribution is 2.52. The van der Waals surface area contributed by atoms with Gasteiger partial charge in [-0.3, -0.25) is 4.57 Å². The van der Waals surface area contributed by atoms with Gasteiger partial charge in [0.15, 0.2) is 0 Å². The van der Waals surface area contributed by atoms with Crippen LogP contribution in [0.15, 0.2) is 152 Å². The van der Waals surface area contributed by atoms with Crippen molar-refractivity contribution in [3.05, 3.63) is 163 Å². The summed E-state index contributed by atoms with van der Waals surface area (Å²) in [5, 5.41) is 6.07. The largest absolute Gasteiger partial charge is 0.278 e. The summed E-state index contributed by atoms with van der Waals surface area (Å²) >= 11 is 0. The van der Waals surface area contributed by atoms with Crippen LogP contribution in [0, 0.1) is 0 Å². The molecule has 0 unspecified atom stereocenters. The summed E-state index contributed by atoms with van der Waals surface area (Å²) in [5.41, 5.74) is 12.8. The summed E-state index contributed by atoms with van der Waals surface area (Å²) in [6, 6.07) is 54.4. The van der Waals surface area contributed by atoms with Crippen LogP contribution in [0.1, 0.15) is 25.0 Å². The minimum atomic E-state index is -0.110. The van der Waals surface area contributed by atoms with E-state index in [1.54, 1.807) is 0 Å². The highest BCUT2D eigenvalue weighted by molar-refractivity contribution is 6.24. The van der Waals surface area contributed by atoms with Gasteiger partial charge in [0.25, 0.3) is 0 Å². The van der Waals surface area contributed by atoms with Gasteiger partial charge in [0.05, 0.1) is 22.2 Å². The van der Waals surface area contributed by atoms with Crippen LogP contribution < -0.4 is 0 Å². The Morgan fingerprint density at radius 2 is 1.17 bits per heavy atom. The fourth-order valence-corrected chi connectivity index (χ4v) is 8.13. The summed E-state index contributed by atoms with van der Waals surface area (Å²) in [7, 11) is 0. The summed E-state index contributed by atoms with van der Waals surface area (Å²) in [4.78, 5) is 10.7. The third-order valence-electron chi connectivity index (χ3n) is 10.4. The van der Waals surface area contributed by atoms with Crippen molar-refractivity contribution < 1.29 is 0 Å². The first-order valence-electron chi connectivity index (χ1n) is 16.6. The fourth-order valence-electron chi connectivity index (χ4n) is 8.13. The molecule has 9 aromatic rings. The maximum atomic E-state index is 5.40. The molecule has 3 nitrogen and oxygen atoms in total. The Hall–Kier alpha value is -6.06. The lowest BCUT2D eigenvalue weighted by atomic mass is 9.68. The number of hydrogen-bond donors (Lipinski definition) is 0. The maximum absolute atomic E-state index is 5.40. The normalized spacial score (nSPS) is 13.4. The van der Waals surface area contributed by atoms with E-state index < -0.39 is 0 Å². The van der Waals surface area contributed by atoms with E-state index in [1.165, 1.54) is 54.9 Å². The van der Waals surface area contributed by atoms with Gasteiger partial charge in [0.1, 0.15) is 0 Å². The lowest BCUT2D eigenvalue weighted by molar-refractivity contribution is 0.645. The Kier molecular flexibility index (Phi) is 5.63. The lowest BCUT2D eigenvalue weighted by Crippen LogP contribution is -2.23. The van der Waals surface area contributed by atoms with Gasteiger partial charge in [0.2, 0.25) is 5.95 Å². The van der Waals surface area contributed by atoms with Gasteiger partial charge in [-0.15, -0.1) is 0 Å². The van der Waals surface area contributed by atoms with Crippen LogP contribution in [0.5, 0.6) is 0 Å². The van der Waals surface area contributed by atoms with Crippen LogP contribution in [-0.2, 0) is 5.41 Å². The van der Waals surface area contributed by atoms with Crippen molar-refractivity contribution in [2.24, 2.45) is 0 Å². The average Bonchev–Trinajstić information content (AvgIpc) is 3.47. The number of para-hydroxylation sites is 2. The molecule has 2 heterocycles. The standard InChI is InChI=1S/C45H31N3/c1-45(2)35-19-9-6-16-32(35)42-40-31(15-12-20-36(40)45)27-39-41(42)34-18-8-11-22-38(34)48(39)44-46-37-21-10-7-17-33(37)43(47-44)30-25-23-29(24-26-30)28-13-4-3-5-14-28/h3-27H,1-2H3. The van der Waals surface area contributed by atoms with Crippen LogP contribution in [0.2, 0.25) is 0 Å². The van der Waals surface area contributed by atoms with Gasteiger partial charge in [-0.05, 0) is 56.8 Å². The molecule has 0 radical (unpaired) electrons. The molecule has 0 bridgehead atoms. The van der Waals surface area contributed by atoms with Crippen molar-refractivity contribution in [1.29, 1.82) is 0 Å². The van der Waals surface area contributed by atoms with E-state index in [1.807, 2.05) is 0 Å². The number of aromatic nitrogens is 3. The van der Waals surface area contributed by atoms with Gasteiger partial charge in [0, 0.05) is 32.7 Å². The van der Waals surface area contributed by atoms with E-state index in [0.717, 1.165) is 33.2 Å². The molecule has 1 aliphatic rings. The molecule has 0 amide bonds. The molecular formula is C45H31N3. The molecule has 0 aliphatic heterocycles. The van der Waals surface area contributed by atoms with Crippen LogP contribution in [0.25, 0.3) is 82.9 Å². The number of nitrogens with zero attached hydrogens (tertiary/aromatic N) is 3. The molecule has 1 aliphatic carbocycles. The summed E-state index contributed by atoms with van der Waals surface area (Å²) in [6.07, 6.45) is 0. The monoisotopic (exact) mass is 613 g/mol. The SMILES string of the molecule is CC1(C)c2ccccc2-c2c3c1cccc3cc1c2c2ccccc2n1-c1nc(-c2ccc(-c3ccccc3)cc2)c2ccccc2n1. The van der Waals surface area contributed by atoms with Gasteiger partial charge in [-0.25, -0.2) is 9.97 Å². The second-order valence-electron chi connectivity index (χ2n) is 13.4. The zero-order chi connectivity index (χ0) is 32.0. The third kappa shape index (κ3) is 3.76. The molecule has 0 saturated carbocycles. The molecule has 48 heavy (non-hydrogen) atoms. The number of rotatable bonds is 3. The van der Waals surface area contributed by atoms with Crippen molar-refractivity contribution in [2.75, 3.05) is 0 Å². The zero-order valence-corrected chi connectivity index (χ0v) is 26.8. The second kappa shape index (κ2) is 9.97. The molecule has 10 rings (SSSR count). The first kappa shape index (κ1) is 27.1. The van der Waals surface area contributed by atoms with Crippen LogP contribution in [0.3, 0.4) is 0 Å². The van der Waals surface area contributed by atoms with E-state index in [0.29, 0.717) is 5.95 Å². The molecule has 3 heteroatoms. The van der Waals surface area contributed by atoms with Crippen molar-refractivity contribution in [3.8, 4) is 39.5 Å². The summed E-state index contributed by atoms with van der Waals surface area (Å²) < 4.78 is 2.28. The molecular weight excluding hydrogens is 583 g/mol. The predicted molar refractivity (Wildman–Crippen MR) is 200 cm³/mol. The molecule has 0 fully saturated rings. The summed E-state index contributed by atoms with van der Waals surface area (Å²) in [6.45, 7) is 4.71. The minimum Gasteiger partial charge on any atom is -0.278 e. The Balaban J connectivity index is 1.29. The molecule has 7 aromatic carbocycles. The Morgan fingerprint density at radius 1 is 0.500 bits per heavy atom. The topological polar surface area (TPSA) is 30.7 Å². The van der Waals surface area contributed by atoms with E-state index in [4.69, 9.17) is 9.97 Å². The number of fused-ring (bicyclic) bond motifs is 7. The molecule has 0 N–H and O–H groups in total. The van der Waals surface area contributed by atoms with Gasteiger partial charge < -0.3 is 0 Å². The highest BCUT2D eigenvalue weighted by atomic mass is 15.2. The first-order chi connectivity index (χ1) is 23.6. The fraction of sp³-hybridized carbons (Fsp3) is 0.0667. The quantitative estimate of drug-likeness (QED) is 0.198. The Labute approximate surface area is 278 Å². The number of hydrogen-bond acceptors (Lipinski definition) is 2. The highest BCUT2D eigenvalue weighted by Gasteiger charge is 2.35. The summed E-state index contributed by atoms with van der Waals surface area (Å²) in [5.74, 6) is 0.675. The van der Waals surface area contributed by atoms with Crippen LogP contribution >= 0.6 is 0 Å². The van der Waals surface area contributed by atoms with Gasteiger partial charge >= 0.3 is 0 Å². The predicted octanol–water partition coefficient (Wildman–Crippen LogP) is 11.5. The molecule has 0 atom stereocenters. The van der Waals surface area contributed by atoms with E-state index in [2.05, 4.69) is 170 Å². The Morgan fingerprint density at radius 3 is 2.02 bits per heavy atom. The van der Waals surface area contributed by atoms with Crippen molar-refractivity contribution >= 4 is 43.5 Å². The van der Waals surface area contributed by atoms with Crippen molar-refractivity contribution in [3.63, 3.8) is 0 Å². The Bertz CT molecular complexity index is 2730.